The largest absolute Gasteiger partial charge is 0.420 e. The van der Waals surface area contributed by atoms with Crippen molar-refractivity contribution in [2.45, 2.75) is 12.3 Å². The first kappa shape index (κ1) is 10.9. The Labute approximate surface area is 89.1 Å². The van der Waals surface area contributed by atoms with Gasteiger partial charge in [-0.2, -0.15) is 18.3 Å². The zero-order valence-corrected chi connectivity index (χ0v) is 8.36. The summed E-state index contributed by atoms with van der Waals surface area (Å²) in [5.41, 5.74) is 0.200. The summed E-state index contributed by atoms with van der Waals surface area (Å²) in [7, 11) is 1.54. The molecule has 0 radical (unpaired) electrons. The SMILES string of the molecule is Cn1nc([C@H](O)C(F)(F)F)c2ccccc21. The lowest BCUT2D eigenvalue weighted by molar-refractivity contribution is -0.207. The average Bonchev–Trinajstić information content (AvgIpc) is 2.55. The van der Waals surface area contributed by atoms with Crippen LogP contribution < -0.4 is 0 Å². The molecule has 0 aliphatic rings. The average molecular weight is 230 g/mol. The van der Waals surface area contributed by atoms with Crippen molar-refractivity contribution >= 4 is 10.9 Å². The highest BCUT2D eigenvalue weighted by Gasteiger charge is 2.42. The summed E-state index contributed by atoms with van der Waals surface area (Å²) in [6.45, 7) is 0. The summed E-state index contributed by atoms with van der Waals surface area (Å²) >= 11 is 0. The topological polar surface area (TPSA) is 38.0 Å². The Bertz CT molecular complexity index is 518. The van der Waals surface area contributed by atoms with Crippen LogP contribution >= 0.6 is 0 Å². The van der Waals surface area contributed by atoms with E-state index in [0.29, 0.717) is 10.9 Å². The van der Waals surface area contributed by atoms with Crippen LogP contribution in [0.5, 0.6) is 0 Å². The molecule has 1 N–H and O–H groups in total. The summed E-state index contributed by atoms with van der Waals surface area (Å²) in [5.74, 6) is 0. The van der Waals surface area contributed by atoms with Gasteiger partial charge in [-0.25, -0.2) is 0 Å². The van der Waals surface area contributed by atoms with E-state index in [-0.39, 0.29) is 5.69 Å². The fourth-order valence-electron chi connectivity index (χ4n) is 1.60. The van der Waals surface area contributed by atoms with Crippen LogP contribution in [-0.4, -0.2) is 21.1 Å². The Morgan fingerprint density at radius 3 is 2.56 bits per heavy atom. The van der Waals surface area contributed by atoms with E-state index in [1.807, 2.05) is 0 Å². The third-order valence-corrected chi connectivity index (χ3v) is 2.36. The Kier molecular flexibility index (Phi) is 2.38. The molecule has 1 atom stereocenters. The number of para-hydroxylation sites is 1. The number of fused-ring (bicyclic) bond motifs is 1. The number of nitrogens with zero attached hydrogens (tertiary/aromatic N) is 2. The Hall–Kier alpha value is -1.56. The van der Waals surface area contributed by atoms with Crippen molar-refractivity contribution in [2.24, 2.45) is 7.05 Å². The fourth-order valence-corrected chi connectivity index (χ4v) is 1.60. The lowest BCUT2D eigenvalue weighted by atomic mass is 10.1. The molecule has 1 aromatic carbocycles. The van der Waals surface area contributed by atoms with E-state index in [1.165, 1.54) is 17.8 Å². The zero-order chi connectivity index (χ0) is 11.9. The number of hydrogen-bond acceptors (Lipinski definition) is 2. The van der Waals surface area contributed by atoms with Gasteiger partial charge in [0.05, 0.1) is 5.52 Å². The van der Waals surface area contributed by atoms with Crippen LogP contribution in [0.1, 0.15) is 11.8 Å². The molecule has 2 aromatic rings. The highest BCUT2D eigenvalue weighted by Crippen LogP contribution is 2.35. The number of halogens is 3. The minimum atomic E-state index is -4.70. The summed E-state index contributed by atoms with van der Waals surface area (Å²) in [6, 6.07) is 6.46. The van der Waals surface area contributed by atoms with Crippen molar-refractivity contribution in [3.8, 4) is 0 Å². The Balaban J connectivity index is 2.62. The van der Waals surface area contributed by atoms with Crippen molar-refractivity contribution in [3.05, 3.63) is 30.0 Å². The van der Waals surface area contributed by atoms with Gasteiger partial charge in [-0.1, -0.05) is 18.2 Å². The highest BCUT2D eigenvalue weighted by atomic mass is 19.4. The third kappa shape index (κ3) is 1.65. The van der Waals surface area contributed by atoms with Crippen molar-refractivity contribution in [2.75, 3.05) is 0 Å². The van der Waals surface area contributed by atoms with Gasteiger partial charge in [0, 0.05) is 12.4 Å². The maximum Gasteiger partial charge on any atom is 0.420 e. The molecule has 0 saturated heterocycles. The summed E-state index contributed by atoms with van der Waals surface area (Å²) in [5, 5.41) is 13.2. The zero-order valence-electron chi connectivity index (χ0n) is 8.36. The molecule has 0 aliphatic carbocycles. The monoisotopic (exact) mass is 230 g/mol. The lowest BCUT2D eigenvalue weighted by Gasteiger charge is -2.12. The van der Waals surface area contributed by atoms with E-state index in [1.54, 1.807) is 18.2 Å². The molecule has 2 rings (SSSR count). The number of aliphatic hydroxyl groups is 1. The maximum absolute atomic E-state index is 12.4. The van der Waals surface area contributed by atoms with E-state index in [2.05, 4.69) is 5.10 Å². The van der Waals surface area contributed by atoms with E-state index in [9.17, 15) is 13.2 Å². The number of alkyl halides is 3. The van der Waals surface area contributed by atoms with Crippen molar-refractivity contribution in [1.29, 1.82) is 0 Å². The maximum atomic E-state index is 12.4. The third-order valence-electron chi connectivity index (χ3n) is 2.36. The van der Waals surface area contributed by atoms with Crippen molar-refractivity contribution in [1.82, 2.24) is 9.78 Å². The normalized spacial score (nSPS) is 14.3. The second-order valence-corrected chi connectivity index (χ2v) is 3.47. The Morgan fingerprint density at radius 1 is 1.31 bits per heavy atom. The summed E-state index contributed by atoms with van der Waals surface area (Å²) < 4.78 is 38.4. The molecular formula is C10H9F3N2O. The first-order valence-electron chi connectivity index (χ1n) is 4.57. The van der Waals surface area contributed by atoms with Gasteiger partial charge in [-0.05, 0) is 6.07 Å². The molecule has 86 valence electrons. The van der Waals surface area contributed by atoms with Gasteiger partial charge in [-0.15, -0.1) is 0 Å². The molecule has 3 nitrogen and oxygen atoms in total. The fraction of sp³-hybridized carbons (Fsp3) is 0.300. The number of aromatic nitrogens is 2. The summed E-state index contributed by atoms with van der Waals surface area (Å²) in [4.78, 5) is 0. The van der Waals surface area contributed by atoms with Gasteiger partial charge in [-0.3, -0.25) is 4.68 Å². The van der Waals surface area contributed by atoms with E-state index in [4.69, 9.17) is 5.11 Å². The van der Waals surface area contributed by atoms with Crippen LogP contribution in [0, 0.1) is 0 Å². The number of hydrogen-bond donors (Lipinski definition) is 1. The number of benzene rings is 1. The molecule has 1 heterocycles. The molecule has 0 amide bonds. The molecular weight excluding hydrogens is 221 g/mol. The van der Waals surface area contributed by atoms with Gasteiger partial charge in [0.1, 0.15) is 5.69 Å². The molecule has 0 bridgehead atoms. The van der Waals surface area contributed by atoms with Crippen LogP contribution in [-0.2, 0) is 7.05 Å². The van der Waals surface area contributed by atoms with E-state index < -0.39 is 12.3 Å². The van der Waals surface area contributed by atoms with Gasteiger partial charge in [0.15, 0.2) is 6.10 Å². The standard InChI is InChI=1S/C10H9F3N2O/c1-15-7-5-3-2-4-6(7)8(14-15)9(16)10(11,12)13/h2-5,9,16H,1H3/t9-/m0/s1. The quantitative estimate of drug-likeness (QED) is 0.815. The molecule has 1 aromatic heterocycles. The van der Waals surface area contributed by atoms with Crippen LogP contribution in [0.4, 0.5) is 13.2 Å². The van der Waals surface area contributed by atoms with Crippen LogP contribution in [0.15, 0.2) is 24.3 Å². The van der Waals surface area contributed by atoms with Crippen LogP contribution in [0.25, 0.3) is 10.9 Å². The Morgan fingerprint density at radius 2 is 1.94 bits per heavy atom. The predicted octanol–water partition coefficient (Wildman–Crippen LogP) is 2.17. The van der Waals surface area contributed by atoms with Crippen molar-refractivity contribution < 1.29 is 18.3 Å². The molecule has 0 fully saturated rings. The summed E-state index contributed by atoms with van der Waals surface area (Å²) in [6.07, 6.45) is -7.24. The van der Waals surface area contributed by atoms with Gasteiger partial charge in [0.2, 0.25) is 0 Å². The van der Waals surface area contributed by atoms with E-state index >= 15 is 0 Å². The number of aliphatic hydroxyl groups excluding tert-OH is 1. The van der Waals surface area contributed by atoms with Crippen LogP contribution in [0.3, 0.4) is 0 Å². The minimum Gasteiger partial charge on any atom is -0.378 e. The predicted molar refractivity (Wildman–Crippen MR) is 51.7 cm³/mol. The molecule has 0 spiro atoms. The van der Waals surface area contributed by atoms with Gasteiger partial charge in [0.25, 0.3) is 0 Å². The second kappa shape index (κ2) is 3.48. The minimum absolute atomic E-state index is 0.315. The van der Waals surface area contributed by atoms with Gasteiger partial charge >= 0.3 is 6.18 Å². The van der Waals surface area contributed by atoms with Crippen molar-refractivity contribution in [3.63, 3.8) is 0 Å². The first-order valence-corrected chi connectivity index (χ1v) is 4.57. The second-order valence-electron chi connectivity index (χ2n) is 3.47. The number of rotatable bonds is 1. The van der Waals surface area contributed by atoms with Crippen LogP contribution in [0.2, 0.25) is 0 Å². The first-order chi connectivity index (χ1) is 7.41. The molecule has 0 saturated carbocycles. The smallest absolute Gasteiger partial charge is 0.378 e. The van der Waals surface area contributed by atoms with E-state index in [0.717, 1.165) is 0 Å². The lowest BCUT2D eigenvalue weighted by Crippen LogP contribution is -2.21. The van der Waals surface area contributed by atoms with Gasteiger partial charge < -0.3 is 5.11 Å². The molecule has 0 aliphatic heterocycles. The highest BCUT2D eigenvalue weighted by molar-refractivity contribution is 5.82. The molecule has 0 unspecified atom stereocenters. The molecule has 6 heteroatoms. The molecule has 16 heavy (non-hydrogen) atoms. The number of aryl methyl sites for hydroxylation is 1.